The van der Waals surface area contributed by atoms with Crippen LogP contribution in [0.1, 0.15) is 92.9 Å². The third-order valence-electron chi connectivity index (χ3n) is 10.0. The highest BCUT2D eigenvalue weighted by Gasteiger charge is 2.46. The summed E-state index contributed by atoms with van der Waals surface area (Å²) in [6.45, 7) is 4.66. The topological polar surface area (TPSA) is 26.3 Å². The number of fused-ring (bicyclic) bond motifs is 2. The van der Waals surface area contributed by atoms with Gasteiger partial charge in [0.1, 0.15) is 12.9 Å². The van der Waals surface area contributed by atoms with Gasteiger partial charge in [0.25, 0.3) is 0 Å². The van der Waals surface area contributed by atoms with Crippen molar-refractivity contribution in [2.24, 2.45) is 0 Å². The molecule has 0 aliphatic heterocycles. The van der Waals surface area contributed by atoms with Crippen LogP contribution in [0, 0.1) is 13.8 Å². The fourth-order valence-corrected chi connectivity index (χ4v) is 13.1. The van der Waals surface area contributed by atoms with Gasteiger partial charge in [-0.1, -0.05) is 68.9 Å². The zero-order valence-electron chi connectivity index (χ0n) is 23.1. The Morgan fingerprint density at radius 2 is 1.30 bits per heavy atom. The van der Waals surface area contributed by atoms with Crippen molar-refractivity contribution in [3.05, 3.63) is 58.7 Å². The first-order valence-corrected chi connectivity index (χ1v) is 16.7. The summed E-state index contributed by atoms with van der Waals surface area (Å²) >= 11 is 0. The fourth-order valence-electron chi connectivity index (χ4n) is 8.25. The van der Waals surface area contributed by atoms with E-state index in [1.165, 1.54) is 94.4 Å². The predicted octanol–water partition coefficient (Wildman–Crippen LogP) is 9.27. The molecule has 3 aliphatic rings. The van der Waals surface area contributed by atoms with Gasteiger partial charge < -0.3 is 9.30 Å². The lowest BCUT2D eigenvalue weighted by atomic mass is 9.88. The van der Waals surface area contributed by atoms with E-state index in [2.05, 4.69) is 50.2 Å². The van der Waals surface area contributed by atoms with Gasteiger partial charge in [-0.15, -0.1) is 0 Å². The van der Waals surface area contributed by atoms with Crippen molar-refractivity contribution >= 4 is 23.2 Å². The molecule has 0 aromatic heterocycles. The molecule has 196 valence electrons. The maximum Gasteiger partial charge on any atom is 0.127 e. The predicted molar refractivity (Wildman–Crippen MR) is 158 cm³/mol. The summed E-state index contributed by atoms with van der Waals surface area (Å²) in [6, 6.07) is 13.0. The van der Waals surface area contributed by atoms with E-state index in [4.69, 9.17) is 4.74 Å². The second-order valence-corrected chi connectivity index (χ2v) is 15.3. The Kier molecular flexibility index (Phi) is 7.00. The first-order valence-electron chi connectivity index (χ1n) is 14.9. The van der Waals surface area contributed by atoms with E-state index in [1.807, 2.05) is 0 Å². The molecule has 0 unspecified atom stereocenters. The van der Waals surface area contributed by atoms with Crippen LogP contribution in [-0.2, 0) is 17.4 Å². The second-order valence-electron chi connectivity index (χ2n) is 11.9. The van der Waals surface area contributed by atoms with Crippen LogP contribution >= 0.6 is 7.14 Å². The summed E-state index contributed by atoms with van der Waals surface area (Å²) in [5, 5.41) is 3.72. The Balaban J connectivity index is 1.73. The molecular formula is C34H43O2P. The van der Waals surface area contributed by atoms with Crippen molar-refractivity contribution in [3.8, 4) is 16.9 Å². The number of hydrogen-bond donors (Lipinski definition) is 0. The molecule has 3 aromatic carbocycles. The first kappa shape index (κ1) is 25.2. The Bertz CT molecular complexity index is 1340. The van der Waals surface area contributed by atoms with Gasteiger partial charge in [-0.2, -0.15) is 0 Å². The van der Waals surface area contributed by atoms with Crippen molar-refractivity contribution in [1.82, 2.24) is 0 Å². The SMILES string of the molecule is COc1ccc2ccccc2c1-c1c(C)c2c(c(C)c1P(=O)(C1CCCCC1)C1CCCCC1)CCC2. The van der Waals surface area contributed by atoms with E-state index in [-0.39, 0.29) is 0 Å². The number of rotatable bonds is 5. The molecule has 2 nitrogen and oxygen atoms in total. The van der Waals surface area contributed by atoms with Crippen molar-refractivity contribution in [2.45, 2.75) is 109 Å². The molecule has 37 heavy (non-hydrogen) atoms. The van der Waals surface area contributed by atoms with E-state index in [0.717, 1.165) is 44.3 Å². The Labute approximate surface area is 223 Å². The molecular weight excluding hydrogens is 471 g/mol. The standard InChI is InChI=1S/C34H43O2P/c1-23-28-19-12-20-29(28)24(2)34(32(23)33-30-18-11-10-13-25(30)21-22-31(33)36-3)37(35,26-14-6-4-7-15-26)27-16-8-5-9-17-27/h10-11,13,18,21-22,26-27H,4-9,12,14-17,19-20H2,1-3H3. The average molecular weight is 515 g/mol. The molecule has 0 spiro atoms. The molecule has 0 heterocycles. The van der Waals surface area contributed by atoms with Crippen molar-refractivity contribution in [3.63, 3.8) is 0 Å². The van der Waals surface area contributed by atoms with Crippen LogP contribution in [0.2, 0.25) is 0 Å². The van der Waals surface area contributed by atoms with Gasteiger partial charge in [-0.3, -0.25) is 0 Å². The molecule has 3 heteroatoms. The minimum absolute atomic E-state index is 0.335. The van der Waals surface area contributed by atoms with Crippen LogP contribution in [0.25, 0.3) is 21.9 Å². The number of hydrogen-bond acceptors (Lipinski definition) is 2. The van der Waals surface area contributed by atoms with Gasteiger partial charge in [0.15, 0.2) is 0 Å². The van der Waals surface area contributed by atoms with Crippen molar-refractivity contribution in [1.29, 1.82) is 0 Å². The number of benzene rings is 3. The fraction of sp³-hybridized carbons (Fsp3) is 0.529. The van der Waals surface area contributed by atoms with E-state index in [0.29, 0.717) is 11.3 Å². The highest BCUT2D eigenvalue weighted by molar-refractivity contribution is 7.73. The largest absolute Gasteiger partial charge is 0.496 e. The van der Waals surface area contributed by atoms with Gasteiger partial charge in [0.05, 0.1) is 7.11 Å². The summed E-state index contributed by atoms with van der Waals surface area (Å²) in [5.41, 5.74) is 8.89. The second kappa shape index (κ2) is 10.3. The molecule has 6 rings (SSSR count). The zero-order chi connectivity index (χ0) is 25.6. The highest BCUT2D eigenvalue weighted by Crippen LogP contribution is 2.64. The van der Waals surface area contributed by atoms with Crippen LogP contribution < -0.4 is 10.0 Å². The summed E-state index contributed by atoms with van der Waals surface area (Å²) in [5.74, 6) is 0.916. The lowest BCUT2D eigenvalue weighted by Crippen LogP contribution is -2.33. The third kappa shape index (κ3) is 4.10. The highest BCUT2D eigenvalue weighted by atomic mass is 31.2. The smallest absolute Gasteiger partial charge is 0.127 e. The monoisotopic (exact) mass is 514 g/mol. The summed E-state index contributed by atoms with van der Waals surface area (Å²) < 4.78 is 22.3. The van der Waals surface area contributed by atoms with Gasteiger partial charge in [-0.25, -0.2) is 0 Å². The van der Waals surface area contributed by atoms with Crippen molar-refractivity contribution < 1.29 is 9.30 Å². The van der Waals surface area contributed by atoms with Crippen LogP contribution in [-0.4, -0.2) is 18.4 Å². The summed E-state index contributed by atoms with van der Waals surface area (Å²) in [7, 11) is -0.890. The molecule has 3 aliphatic carbocycles. The number of ether oxygens (including phenoxy) is 1. The summed E-state index contributed by atoms with van der Waals surface area (Å²) in [6.07, 6.45) is 15.6. The summed E-state index contributed by atoms with van der Waals surface area (Å²) in [4.78, 5) is 0. The minimum atomic E-state index is -2.69. The quantitative estimate of drug-likeness (QED) is 0.317. The van der Waals surface area contributed by atoms with Crippen LogP contribution in [0.15, 0.2) is 36.4 Å². The van der Waals surface area contributed by atoms with Crippen molar-refractivity contribution in [2.75, 3.05) is 7.11 Å². The molecule has 0 saturated heterocycles. The Morgan fingerprint density at radius 1 is 0.703 bits per heavy atom. The minimum Gasteiger partial charge on any atom is -0.496 e. The first-order chi connectivity index (χ1) is 18.1. The van der Waals surface area contributed by atoms with Gasteiger partial charge in [0.2, 0.25) is 0 Å². The average Bonchev–Trinajstić information content (AvgIpc) is 3.46. The normalized spacial score (nSPS) is 19.3. The van der Waals surface area contributed by atoms with Gasteiger partial charge in [0, 0.05) is 27.7 Å². The Hall–Kier alpha value is -2.05. The van der Waals surface area contributed by atoms with E-state index < -0.39 is 7.14 Å². The lowest BCUT2D eigenvalue weighted by molar-refractivity contribution is 0.417. The molecule has 0 N–H and O–H groups in total. The van der Waals surface area contributed by atoms with Gasteiger partial charge >= 0.3 is 0 Å². The maximum absolute atomic E-state index is 16.2. The molecule has 0 radical (unpaired) electrons. The van der Waals surface area contributed by atoms with E-state index in [1.54, 1.807) is 7.11 Å². The zero-order valence-corrected chi connectivity index (χ0v) is 24.0. The van der Waals surface area contributed by atoms with E-state index in [9.17, 15) is 0 Å². The van der Waals surface area contributed by atoms with Gasteiger partial charge in [-0.05, 0) is 97.9 Å². The molecule has 2 saturated carbocycles. The molecule has 3 aromatic rings. The molecule has 0 bridgehead atoms. The Morgan fingerprint density at radius 3 is 1.92 bits per heavy atom. The maximum atomic E-state index is 16.2. The molecule has 0 atom stereocenters. The van der Waals surface area contributed by atoms with Crippen LogP contribution in [0.3, 0.4) is 0 Å². The third-order valence-corrected chi connectivity index (χ3v) is 14.5. The molecule has 0 amide bonds. The van der Waals surface area contributed by atoms with Crippen LogP contribution in [0.5, 0.6) is 5.75 Å². The molecule has 2 fully saturated rings. The van der Waals surface area contributed by atoms with E-state index >= 15 is 4.57 Å². The van der Waals surface area contributed by atoms with Crippen LogP contribution in [0.4, 0.5) is 0 Å². The lowest BCUT2D eigenvalue weighted by Gasteiger charge is -2.41. The number of methoxy groups -OCH3 is 1.